The first-order chi connectivity index (χ1) is 7.54. The van der Waals surface area contributed by atoms with E-state index >= 15 is 0 Å². The fourth-order valence-electron chi connectivity index (χ4n) is 1.79. The van der Waals surface area contributed by atoms with Crippen molar-refractivity contribution in [3.8, 4) is 0 Å². The van der Waals surface area contributed by atoms with E-state index in [4.69, 9.17) is 5.11 Å². The number of hydrogen-bond acceptors (Lipinski definition) is 3. The molecule has 0 fully saturated rings. The van der Waals surface area contributed by atoms with E-state index in [1.54, 1.807) is 0 Å². The van der Waals surface area contributed by atoms with Crippen LogP contribution in [0, 0.1) is 0 Å². The molecular formula is C12H26N2O2. The lowest BCUT2D eigenvalue weighted by Gasteiger charge is -2.23. The largest absolute Gasteiger partial charge is 0.396 e. The summed E-state index contributed by atoms with van der Waals surface area (Å²) in [5, 5.41) is 12.1. The summed E-state index contributed by atoms with van der Waals surface area (Å²) in [6, 6.07) is 0.416. The Morgan fingerprint density at radius 2 is 1.81 bits per heavy atom. The Morgan fingerprint density at radius 3 is 2.25 bits per heavy atom. The quantitative estimate of drug-likeness (QED) is 0.654. The zero-order valence-corrected chi connectivity index (χ0v) is 11.0. The van der Waals surface area contributed by atoms with Gasteiger partial charge >= 0.3 is 0 Å². The normalized spacial score (nSPS) is 14.6. The monoisotopic (exact) mass is 230 g/mol. The van der Waals surface area contributed by atoms with E-state index in [0.29, 0.717) is 6.42 Å². The van der Waals surface area contributed by atoms with Crippen LogP contribution in [0.5, 0.6) is 0 Å². The molecule has 0 saturated heterocycles. The van der Waals surface area contributed by atoms with Gasteiger partial charge in [-0.15, -0.1) is 0 Å². The topological polar surface area (TPSA) is 52.6 Å². The van der Waals surface area contributed by atoms with Gasteiger partial charge in [0, 0.05) is 38.2 Å². The van der Waals surface area contributed by atoms with E-state index in [1.165, 1.54) is 0 Å². The van der Waals surface area contributed by atoms with Crippen LogP contribution in [0.25, 0.3) is 0 Å². The van der Waals surface area contributed by atoms with Crippen LogP contribution in [0.1, 0.15) is 40.5 Å². The lowest BCUT2D eigenvalue weighted by Crippen LogP contribution is -2.40. The van der Waals surface area contributed by atoms with Crippen LogP contribution >= 0.6 is 0 Å². The minimum absolute atomic E-state index is 0.162. The Balaban J connectivity index is 3.94. The first kappa shape index (κ1) is 15.4. The Bertz CT molecular complexity index is 193. The lowest BCUT2D eigenvalue weighted by atomic mass is 10.1. The molecule has 0 aliphatic rings. The van der Waals surface area contributed by atoms with Gasteiger partial charge in [-0.05, 0) is 34.1 Å². The highest BCUT2D eigenvalue weighted by Crippen LogP contribution is 2.01. The van der Waals surface area contributed by atoms with Gasteiger partial charge in [0.05, 0.1) is 0 Å². The van der Waals surface area contributed by atoms with Crippen LogP contribution in [-0.2, 0) is 4.79 Å². The van der Waals surface area contributed by atoms with Crippen LogP contribution in [0.15, 0.2) is 0 Å². The Morgan fingerprint density at radius 1 is 1.25 bits per heavy atom. The van der Waals surface area contributed by atoms with Crippen LogP contribution in [-0.4, -0.2) is 47.7 Å². The number of carbonyl (C=O) groups excluding carboxylic acids is 1. The molecule has 0 saturated carbocycles. The smallest absolute Gasteiger partial charge is 0.224 e. The molecule has 4 heteroatoms. The average Bonchev–Trinajstić information content (AvgIpc) is 2.19. The molecule has 1 amide bonds. The maximum Gasteiger partial charge on any atom is 0.224 e. The molecule has 0 radical (unpaired) electrons. The summed E-state index contributed by atoms with van der Waals surface area (Å²) in [6.07, 6.45) is 1.25. The SMILES string of the molecule is CCN(CC)C(=O)CC(C)N[C@H](C)CCO. The molecule has 0 aliphatic carbocycles. The van der Waals surface area contributed by atoms with E-state index < -0.39 is 0 Å². The molecule has 2 atom stereocenters. The van der Waals surface area contributed by atoms with Gasteiger partial charge < -0.3 is 15.3 Å². The number of aliphatic hydroxyl groups excluding tert-OH is 1. The summed E-state index contributed by atoms with van der Waals surface area (Å²) in [7, 11) is 0. The fourth-order valence-corrected chi connectivity index (χ4v) is 1.79. The molecule has 0 aromatic carbocycles. The van der Waals surface area contributed by atoms with E-state index in [2.05, 4.69) is 5.32 Å². The fraction of sp³-hybridized carbons (Fsp3) is 0.917. The highest BCUT2D eigenvalue weighted by molar-refractivity contribution is 5.76. The Kier molecular flexibility index (Phi) is 8.21. The van der Waals surface area contributed by atoms with Crippen LogP contribution in [0.4, 0.5) is 0 Å². The maximum absolute atomic E-state index is 11.8. The molecule has 0 aromatic rings. The molecule has 96 valence electrons. The lowest BCUT2D eigenvalue weighted by molar-refractivity contribution is -0.131. The van der Waals surface area contributed by atoms with Gasteiger partial charge in [0.2, 0.25) is 5.91 Å². The van der Waals surface area contributed by atoms with E-state index in [1.807, 2.05) is 32.6 Å². The highest BCUT2D eigenvalue weighted by Gasteiger charge is 2.15. The van der Waals surface area contributed by atoms with Gasteiger partial charge in [0.15, 0.2) is 0 Å². The summed E-state index contributed by atoms with van der Waals surface area (Å²) in [5.74, 6) is 0.196. The summed E-state index contributed by atoms with van der Waals surface area (Å²) >= 11 is 0. The molecule has 0 aromatic heterocycles. The summed E-state index contributed by atoms with van der Waals surface area (Å²) in [6.45, 7) is 9.75. The molecule has 0 rings (SSSR count). The number of nitrogens with zero attached hydrogens (tertiary/aromatic N) is 1. The van der Waals surface area contributed by atoms with Crippen molar-refractivity contribution in [2.45, 2.75) is 52.6 Å². The van der Waals surface area contributed by atoms with Gasteiger partial charge in [-0.3, -0.25) is 4.79 Å². The van der Waals surface area contributed by atoms with Crippen molar-refractivity contribution in [3.63, 3.8) is 0 Å². The van der Waals surface area contributed by atoms with Crippen LogP contribution in [0.3, 0.4) is 0 Å². The molecule has 2 N–H and O–H groups in total. The van der Waals surface area contributed by atoms with Crippen molar-refractivity contribution in [2.24, 2.45) is 0 Å². The van der Waals surface area contributed by atoms with E-state index in [-0.39, 0.29) is 24.6 Å². The molecule has 1 unspecified atom stereocenters. The van der Waals surface area contributed by atoms with Gasteiger partial charge in [-0.25, -0.2) is 0 Å². The standard InChI is InChI=1S/C12H26N2O2/c1-5-14(6-2)12(16)9-11(4)13-10(3)7-8-15/h10-11,13,15H,5-9H2,1-4H3/t10-,11?/m1/s1. The van der Waals surface area contributed by atoms with Gasteiger partial charge in [-0.2, -0.15) is 0 Å². The van der Waals surface area contributed by atoms with Crippen molar-refractivity contribution in [1.29, 1.82) is 0 Å². The molecule has 0 aliphatic heterocycles. The molecule has 0 spiro atoms. The van der Waals surface area contributed by atoms with Crippen molar-refractivity contribution >= 4 is 5.91 Å². The minimum atomic E-state index is 0.162. The third-order valence-electron chi connectivity index (χ3n) is 2.73. The number of nitrogens with one attached hydrogen (secondary N) is 1. The third-order valence-corrected chi connectivity index (χ3v) is 2.73. The molecule has 16 heavy (non-hydrogen) atoms. The molecular weight excluding hydrogens is 204 g/mol. The van der Waals surface area contributed by atoms with Gasteiger partial charge in [-0.1, -0.05) is 0 Å². The second-order valence-corrected chi connectivity index (χ2v) is 4.25. The van der Waals surface area contributed by atoms with Crippen molar-refractivity contribution in [1.82, 2.24) is 10.2 Å². The van der Waals surface area contributed by atoms with Crippen LogP contribution in [0.2, 0.25) is 0 Å². The number of aliphatic hydroxyl groups is 1. The predicted octanol–water partition coefficient (Wildman–Crippen LogP) is 0.994. The average molecular weight is 230 g/mol. The zero-order chi connectivity index (χ0) is 12.6. The number of amides is 1. The van der Waals surface area contributed by atoms with E-state index in [0.717, 1.165) is 19.5 Å². The Hall–Kier alpha value is -0.610. The summed E-state index contributed by atoms with van der Waals surface area (Å²) in [5.41, 5.74) is 0. The number of rotatable bonds is 8. The number of hydrogen-bond donors (Lipinski definition) is 2. The number of carbonyl (C=O) groups is 1. The summed E-state index contributed by atoms with van der Waals surface area (Å²) in [4.78, 5) is 13.6. The molecule has 0 bridgehead atoms. The summed E-state index contributed by atoms with van der Waals surface area (Å²) < 4.78 is 0. The second-order valence-electron chi connectivity index (χ2n) is 4.25. The van der Waals surface area contributed by atoms with Crippen molar-refractivity contribution in [2.75, 3.05) is 19.7 Å². The second kappa shape index (κ2) is 8.53. The van der Waals surface area contributed by atoms with Crippen molar-refractivity contribution in [3.05, 3.63) is 0 Å². The molecule has 0 heterocycles. The minimum Gasteiger partial charge on any atom is -0.396 e. The van der Waals surface area contributed by atoms with Gasteiger partial charge in [0.25, 0.3) is 0 Å². The van der Waals surface area contributed by atoms with Crippen LogP contribution < -0.4 is 5.32 Å². The first-order valence-electron chi connectivity index (χ1n) is 6.19. The van der Waals surface area contributed by atoms with E-state index in [9.17, 15) is 4.79 Å². The maximum atomic E-state index is 11.8. The molecule has 4 nitrogen and oxygen atoms in total. The first-order valence-corrected chi connectivity index (χ1v) is 6.19. The Labute approximate surface area is 99.0 Å². The third kappa shape index (κ3) is 6.08. The highest BCUT2D eigenvalue weighted by atomic mass is 16.3. The zero-order valence-electron chi connectivity index (χ0n) is 11.0. The van der Waals surface area contributed by atoms with Crippen molar-refractivity contribution < 1.29 is 9.90 Å². The predicted molar refractivity (Wildman–Crippen MR) is 66.3 cm³/mol. The van der Waals surface area contributed by atoms with Gasteiger partial charge in [0.1, 0.15) is 0 Å².